The Kier molecular flexibility index (Phi) is 13.4. The molecule has 0 aliphatic carbocycles. The van der Waals surface area contributed by atoms with Crippen LogP contribution < -0.4 is 0 Å². The van der Waals surface area contributed by atoms with E-state index < -0.39 is 11.2 Å². The van der Waals surface area contributed by atoms with Crippen LogP contribution in [0, 0.1) is 37.3 Å². The van der Waals surface area contributed by atoms with E-state index in [9.17, 15) is 19.0 Å². The van der Waals surface area contributed by atoms with Gasteiger partial charge in [0.05, 0.1) is 79.2 Å². The summed E-state index contributed by atoms with van der Waals surface area (Å²) in [6.07, 6.45) is 7.20. The zero-order chi connectivity index (χ0) is 53.2. The fourth-order valence-corrected chi connectivity index (χ4v) is 11.9. The molecule has 2 saturated heterocycles. The number of halogens is 2. The van der Waals surface area contributed by atoms with Crippen LogP contribution in [0.15, 0.2) is 109 Å². The van der Waals surface area contributed by atoms with Crippen LogP contribution in [-0.2, 0) is 34.8 Å². The van der Waals surface area contributed by atoms with E-state index in [0.29, 0.717) is 26.4 Å². The lowest BCUT2D eigenvalue weighted by Gasteiger charge is -2.33. The predicted octanol–water partition coefficient (Wildman–Crippen LogP) is 11.4. The molecule has 2 N–H and O–H groups in total. The minimum Gasteiger partial charge on any atom is -0.386 e. The zero-order valence-electron chi connectivity index (χ0n) is 44.3. The van der Waals surface area contributed by atoms with Gasteiger partial charge in [-0.15, -0.1) is 10.2 Å². The molecule has 392 valence electrons. The maximum atomic E-state index is 14.6. The molecule has 16 heteroatoms. The number of nitrogens with zero attached hydrogens (tertiary/aromatic N) is 10. The summed E-state index contributed by atoms with van der Waals surface area (Å²) in [4.78, 5) is 9.90. The van der Waals surface area contributed by atoms with Crippen LogP contribution in [0.3, 0.4) is 0 Å². The van der Waals surface area contributed by atoms with Gasteiger partial charge in [0.15, 0.2) is 0 Å². The van der Waals surface area contributed by atoms with Gasteiger partial charge in [-0.25, -0.2) is 18.1 Å². The molecule has 76 heavy (non-hydrogen) atoms. The molecule has 8 heterocycles. The summed E-state index contributed by atoms with van der Waals surface area (Å²) in [5.41, 5.74) is 12.3. The van der Waals surface area contributed by atoms with Crippen LogP contribution in [0.1, 0.15) is 99.1 Å². The Morgan fingerprint density at radius 2 is 0.934 bits per heavy atom. The Balaban J connectivity index is 0.000000162. The second kappa shape index (κ2) is 20.0. The van der Waals surface area contributed by atoms with Gasteiger partial charge in [0.1, 0.15) is 11.6 Å². The molecule has 14 nitrogen and oxygen atoms in total. The normalized spacial score (nSPS) is 15.9. The maximum absolute atomic E-state index is 14.6. The van der Waals surface area contributed by atoms with E-state index in [2.05, 4.69) is 54.0 Å². The molecule has 0 radical (unpaired) electrons. The molecule has 6 aromatic heterocycles. The molecule has 2 fully saturated rings. The minimum atomic E-state index is -1.02. The van der Waals surface area contributed by atoms with Crippen LogP contribution in [0.4, 0.5) is 8.78 Å². The molecule has 0 saturated carbocycles. The average Bonchev–Trinajstić information content (AvgIpc) is 4.23. The van der Waals surface area contributed by atoms with Gasteiger partial charge in [-0.3, -0.25) is 9.97 Å². The summed E-state index contributed by atoms with van der Waals surface area (Å²) in [5, 5.41) is 40.6. The molecule has 12 rings (SSSR count). The van der Waals surface area contributed by atoms with Gasteiger partial charge in [-0.05, 0) is 150 Å². The Morgan fingerprint density at radius 1 is 0.539 bits per heavy atom. The summed E-state index contributed by atoms with van der Waals surface area (Å²) in [5.74, 6) is -0.0429. The van der Waals surface area contributed by atoms with E-state index in [1.807, 2.05) is 76.7 Å². The molecule has 2 atom stereocenters. The Labute approximate surface area is 439 Å². The Bertz CT molecular complexity index is 3490. The van der Waals surface area contributed by atoms with Crippen molar-refractivity contribution >= 4 is 43.9 Å². The molecular formula is C60H64F2N10O4. The standard InChI is InChI=1S/2C30H32FN5O2/c2*1-18-28(35(4)34-33-18)21-15-26-27(32-17-21)24-9-8-22(30(2,3)37)16-25(24)36(26)29(19-10-12-38-13-11-19)20-6-5-7-23(31)14-20/h2*5-9,14-17,19,29,37H,10-13H2,1-4H3. The molecule has 10 aromatic rings. The van der Waals surface area contributed by atoms with Crippen LogP contribution in [-0.4, -0.2) is 85.7 Å². The fourth-order valence-electron chi connectivity index (χ4n) is 11.9. The van der Waals surface area contributed by atoms with Gasteiger partial charge in [0, 0.05) is 74.8 Å². The molecule has 0 amide bonds. The number of ether oxygens (including phenoxy) is 2. The predicted molar refractivity (Wildman–Crippen MR) is 291 cm³/mol. The monoisotopic (exact) mass is 1030 g/mol. The third-order valence-electron chi connectivity index (χ3n) is 15.6. The van der Waals surface area contributed by atoms with Gasteiger partial charge >= 0.3 is 0 Å². The van der Waals surface area contributed by atoms with Crippen molar-refractivity contribution in [3.63, 3.8) is 0 Å². The first-order chi connectivity index (χ1) is 36.4. The Morgan fingerprint density at radius 3 is 1.28 bits per heavy atom. The minimum absolute atomic E-state index is 0.144. The summed E-state index contributed by atoms with van der Waals surface area (Å²) in [6.45, 7) is 13.7. The van der Waals surface area contributed by atoms with Crippen LogP contribution in [0.5, 0.6) is 0 Å². The highest BCUT2D eigenvalue weighted by molar-refractivity contribution is 6.08. The number of aliphatic hydroxyl groups is 2. The molecule has 2 aliphatic heterocycles. The number of benzene rings is 4. The van der Waals surface area contributed by atoms with Gasteiger partial charge < -0.3 is 28.8 Å². The second-order valence-corrected chi connectivity index (χ2v) is 21.7. The summed E-state index contributed by atoms with van der Waals surface area (Å²) in [6, 6.07) is 29.9. The Hall–Kier alpha value is -7.24. The third kappa shape index (κ3) is 9.45. The van der Waals surface area contributed by atoms with Crippen LogP contribution in [0.25, 0.3) is 66.4 Å². The number of aromatic nitrogens is 10. The van der Waals surface area contributed by atoms with Crippen LogP contribution >= 0.6 is 0 Å². The second-order valence-electron chi connectivity index (χ2n) is 21.7. The molecule has 2 unspecified atom stereocenters. The highest BCUT2D eigenvalue weighted by Gasteiger charge is 2.34. The van der Waals surface area contributed by atoms with E-state index in [1.165, 1.54) is 12.1 Å². The fraction of sp³-hybridized carbons (Fsp3) is 0.367. The van der Waals surface area contributed by atoms with E-state index >= 15 is 0 Å². The van der Waals surface area contributed by atoms with Gasteiger partial charge in [-0.2, -0.15) is 0 Å². The van der Waals surface area contributed by atoms with Crippen molar-refractivity contribution in [2.24, 2.45) is 25.9 Å². The number of hydrogen-bond acceptors (Lipinski definition) is 10. The van der Waals surface area contributed by atoms with E-state index in [0.717, 1.165) is 126 Å². The van der Waals surface area contributed by atoms with Crippen molar-refractivity contribution in [1.29, 1.82) is 0 Å². The molecular weight excluding hydrogens is 963 g/mol. The van der Waals surface area contributed by atoms with Crippen molar-refractivity contribution in [3.05, 3.63) is 155 Å². The number of rotatable bonds is 10. The number of aryl methyl sites for hydroxylation is 4. The topological polar surface area (TPSA) is 156 Å². The van der Waals surface area contributed by atoms with E-state index in [1.54, 1.807) is 61.3 Å². The number of fused-ring (bicyclic) bond motifs is 6. The van der Waals surface area contributed by atoms with Crippen molar-refractivity contribution < 1.29 is 28.5 Å². The quantitative estimate of drug-likeness (QED) is 0.135. The molecule has 4 aromatic carbocycles. The summed E-state index contributed by atoms with van der Waals surface area (Å²) < 4.78 is 48.8. The maximum Gasteiger partial charge on any atom is 0.123 e. The summed E-state index contributed by atoms with van der Waals surface area (Å²) >= 11 is 0. The van der Waals surface area contributed by atoms with Crippen LogP contribution in [0.2, 0.25) is 0 Å². The first-order valence-electron chi connectivity index (χ1n) is 26.2. The van der Waals surface area contributed by atoms with E-state index in [4.69, 9.17) is 19.4 Å². The first-order valence-corrected chi connectivity index (χ1v) is 26.2. The van der Waals surface area contributed by atoms with Crippen molar-refractivity contribution in [1.82, 2.24) is 49.1 Å². The highest BCUT2D eigenvalue weighted by atomic mass is 19.1. The highest BCUT2D eigenvalue weighted by Crippen LogP contribution is 2.44. The largest absolute Gasteiger partial charge is 0.386 e. The molecule has 0 bridgehead atoms. The lowest BCUT2D eigenvalue weighted by molar-refractivity contribution is 0.0551. The zero-order valence-corrected chi connectivity index (χ0v) is 44.3. The molecule has 0 spiro atoms. The SMILES string of the molecule is Cc1nnn(C)c1-c1cnc2c3ccc(C(C)(C)O)cc3n(C(c3cccc(F)c3)C3CCOCC3)c2c1.Cc1nnn(C)c1-c1cnc2c3ccc(C(C)(C)O)cc3n(C(c3cccc(F)c3)C3CCOCC3)c2c1. The number of pyridine rings is 2. The lowest BCUT2D eigenvalue weighted by atomic mass is 9.86. The van der Waals surface area contributed by atoms with Crippen molar-refractivity contribution in [2.75, 3.05) is 26.4 Å². The summed E-state index contributed by atoms with van der Waals surface area (Å²) in [7, 11) is 3.75. The van der Waals surface area contributed by atoms with Gasteiger partial charge in [-0.1, -0.05) is 59.0 Å². The van der Waals surface area contributed by atoms with Crippen molar-refractivity contribution in [2.45, 2.75) is 90.5 Å². The van der Waals surface area contributed by atoms with E-state index in [-0.39, 0.29) is 35.6 Å². The van der Waals surface area contributed by atoms with Gasteiger partial charge in [0.2, 0.25) is 0 Å². The number of hydrogen-bond donors (Lipinski definition) is 2. The van der Waals surface area contributed by atoms with Gasteiger partial charge in [0.25, 0.3) is 0 Å². The molecule has 2 aliphatic rings. The van der Waals surface area contributed by atoms with Crippen molar-refractivity contribution in [3.8, 4) is 22.5 Å². The third-order valence-corrected chi connectivity index (χ3v) is 15.6. The first kappa shape index (κ1) is 50.9. The lowest BCUT2D eigenvalue weighted by Crippen LogP contribution is -2.27. The smallest absolute Gasteiger partial charge is 0.123 e. The average molecular weight is 1030 g/mol.